The van der Waals surface area contributed by atoms with Gasteiger partial charge in [-0.3, -0.25) is 14.5 Å². The molecule has 1 saturated carbocycles. The SMILES string of the molecule is CNCC1CCC(C(=O)CCN2CCN(CC(C)=O)CC2)CC1. The van der Waals surface area contributed by atoms with Gasteiger partial charge in [-0.2, -0.15) is 0 Å². The fourth-order valence-electron chi connectivity index (χ4n) is 3.94. The number of carbonyl (C=O) groups is 2. The van der Waals surface area contributed by atoms with Gasteiger partial charge >= 0.3 is 0 Å². The zero-order valence-electron chi connectivity index (χ0n) is 14.9. The normalized spacial score (nSPS) is 27.0. The highest BCUT2D eigenvalue weighted by Gasteiger charge is 2.26. The topological polar surface area (TPSA) is 52.7 Å². The summed E-state index contributed by atoms with van der Waals surface area (Å²) in [7, 11) is 2.01. The molecule has 1 saturated heterocycles. The van der Waals surface area contributed by atoms with Crippen LogP contribution < -0.4 is 5.32 Å². The summed E-state index contributed by atoms with van der Waals surface area (Å²) in [5, 5.41) is 3.25. The third kappa shape index (κ3) is 6.32. The van der Waals surface area contributed by atoms with Crippen LogP contribution in [0.15, 0.2) is 0 Å². The highest BCUT2D eigenvalue weighted by atomic mass is 16.1. The number of Topliss-reactive ketones (excluding diaryl/α,β-unsaturated/α-hetero) is 2. The van der Waals surface area contributed by atoms with Crippen LogP contribution >= 0.6 is 0 Å². The molecule has 0 aromatic heterocycles. The maximum absolute atomic E-state index is 12.4. The van der Waals surface area contributed by atoms with Crippen LogP contribution in [0.2, 0.25) is 0 Å². The molecule has 0 radical (unpaired) electrons. The largest absolute Gasteiger partial charge is 0.319 e. The Labute approximate surface area is 140 Å². The Morgan fingerprint density at radius 2 is 1.61 bits per heavy atom. The lowest BCUT2D eigenvalue weighted by Gasteiger charge is -2.34. The number of nitrogens with zero attached hydrogens (tertiary/aromatic N) is 2. The van der Waals surface area contributed by atoms with Crippen molar-refractivity contribution >= 4 is 11.6 Å². The molecule has 1 aliphatic carbocycles. The van der Waals surface area contributed by atoms with Gasteiger partial charge in [-0.25, -0.2) is 0 Å². The van der Waals surface area contributed by atoms with E-state index in [-0.39, 0.29) is 5.78 Å². The Bertz CT molecular complexity index is 384. The van der Waals surface area contributed by atoms with E-state index in [9.17, 15) is 9.59 Å². The third-order valence-corrected chi connectivity index (χ3v) is 5.38. The highest BCUT2D eigenvalue weighted by Crippen LogP contribution is 2.29. The molecule has 5 heteroatoms. The molecule has 1 heterocycles. The second-order valence-electron chi connectivity index (χ2n) is 7.31. The lowest BCUT2D eigenvalue weighted by molar-refractivity contribution is -0.124. The zero-order chi connectivity index (χ0) is 16.7. The molecule has 0 bridgehead atoms. The molecule has 2 aliphatic rings. The number of piperazine rings is 1. The van der Waals surface area contributed by atoms with Crippen molar-refractivity contribution in [2.24, 2.45) is 11.8 Å². The first-order valence-electron chi connectivity index (χ1n) is 9.20. The standard InChI is InChI=1S/C18H33N3O2/c1-15(22)14-21-11-9-20(10-12-21)8-7-18(23)17-5-3-16(4-6-17)13-19-2/h16-17,19H,3-14H2,1-2H3. The van der Waals surface area contributed by atoms with E-state index >= 15 is 0 Å². The van der Waals surface area contributed by atoms with Crippen LogP contribution in [0.25, 0.3) is 0 Å². The molecule has 0 unspecified atom stereocenters. The summed E-state index contributed by atoms with van der Waals surface area (Å²) >= 11 is 0. The molecule has 1 N–H and O–H groups in total. The van der Waals surface area contributed by atoms with Gasteiger partial charge in [0.05, 0.1) is 6.54 Å². The number of hydrogen-bond donors (Lipinski definition) is 1. The number of hydrogen-bond acceptors (Lipinski definition) is 5. The molecule has 2 fully saturated rings. The lowest BCUT2D eigenvalue weighted by Crippen LogP contribution is -2.48. The van der Waals surface area contributed by atoms with Crippen molar-refractivity contribution in [1.29, 1.82) is 0 Å². The number of carbonyl (C=O) groups excluding carboxylic acids is 2. The monoisotopic (exact) mass is 323 g/mol. The summed E-state index contributed by atoms with van der Waals surface area (Å²) in [6.07, 6.45) is 5.26. The Balaban J connectivity index is 1.61. The maximum atomic E-state index is 12.4. The van der Waals surface area contributed by atoms with Crippen LogP contribution in [0.1, 0.15) is 39.0 Å². The van der Waals surface area contributed by atoms with Crippen molar-refractivity contribution in [3.05, 3.63) is 0 Å². The Morgan fingerprint density at radius 1 is 1.00 bits per heavy atom. The Morgan fingerprint density at radius 3 is 2.17 bits per heavy atom. The van der Waals surface area contributed by atoms with Crippen molar-refractivity contribution in [3.8, 4) is 0 Å². The van der Waals surface area contributed by atoms with E-state index in [1.165, 1.54) is 12.8 Å². The van der Waals surface area contributed by atoms with E-state index in [0.29, 0.717) is 24.7 Å². The molecule has 132 valence electrons. The van der Waals surface area contributed by atoms with Crippen LogP contribution in [-0.2, 0) is 9.59 Å². The summed E-state index contributed by atoms with van der Waals surface area (Å²) in [5.41, 5.74) is 0. The minimum atomic E-state index is 0.238. The van der Waals surface area contributed by atoms with Gasteiger partial charge in [0.25, 0.3) is 0 Å². The van der Waals surface area contributed by atoms with Crippen molar-refractivity contribution in [1.82, 2.24) is 15.1 Å². The van der Waals surface area contributed by atoms with Gasteiger partial charge in [0.15, 0.2) is 0 Å². The smallest absolute Gasteiger partial charge is 0.143 e. The summed E-state index contributed by atoms with van der Waals surface area (Å²) in [6, 6.07) is 0. The van der Waals surface area contributed by atoms with Crippen molar-refractivity contribution in [2.45, 2.75) is 39.0 Å². The molecule has 1 aliphatic heterocycles. The fourth-order valence-corrected chi connectivity index (χ4v) is 3.94. The molecule has 5 nitrogen and oxygen atoms in total. The maximum Gasteiger partial charge on any atom is 0.143 e. The minimum absolute atomic E-state index is 0.238. The Kier molecular flexibility index (Phi) is 7.66. The molecule has 0 spiro atoms. The van der Waals surface area contributed by atoms with Crippen LogP contribution in [-0.4, -0.2) is 74.2 Å². The molecular weight excluding hydrogens is 290 g/mol. The number of rotatable bonds is 8. The van der Waals surface area contributed by atoms with Gasteiger partial charge in [0.2, 0.25) is 0 Å². The molecule has 0 amide bonds. The van der Waals surface area contributed by atoms with Crippen LogP contribution in [0.3, 0.4) is 0 Å². The molecular formula is C18H33N3O2. The zero-order valence-corrected chi connectivity index (χ0v) is 14.9. The molecule has 2 rings (SSSR count). The lowest BCUT2D eigenvalue weighted by atomic mass is 9.79. The fraction of sp³-hybridized carbons (Fsp3) is 0.889. The van der Waals surface area contributed by atoms with E-state index in [1.807, 2.05) is 7.05 Å². The van der Waals surface area contributed by atoms with Crippen LogP contribution in [0, 0.1) is 11.8 Å². The first-order chi connectivity index (χ1) is 11.1. The molecule has 23 heavy (non-hydrogen) atoms. The predicted molar refractivity (Wildman–Crippen MR) is 92.6 cm³/mol. The third-order valence-electron chi connectivity index (χ3n) is 5.38. The molecule has 0 atom stereocenters. The second-order valence-corrected chi connectivity index (χ2v) is 7.31. The van der Waals surface area contributed by atoms with E-state index < -0.39 is 0 Å². The van der Waals surface area contributed by atoms with E-state index in [2.05, 4.69) is 15.1 Å². The van der Waals surface area contributed by atoms with Crippen molar-refractivity contribution in [3.63, 3.8) is 0 Å². The van der Waals surface area contributed by atoms with Gasteiger partial charge < -0.3 is 10.2 Å². The van der Waals surface area contributed by atoms with E-state index in [0.717, 1.165) is 58.0 Å². The Hall–Kier alpha value is -0.780. The summed E-state index contributed by atoms with van der Waals surface area (Å²) < 4.78 is 0. The van der Waals surface area contributed by atoms with Gasteiger partial charge in [-0.05, 0) is 52.1 Å². The predicted octanol–water partition coefficient (Wildman–Crippen LogP) is 1.18. The summed E-state index contributed by atoms with van der Waals surface area (Å²) in [4.78, 5) is 28.1. The average Bonchev–Trinajstić information content (AvgIpc) is 2.54. The molecule has 0 aromatic carbocycles. The summed E-state index contributed by atoms with van der Waals surface area (Å²) in [6.45, 7) is 8.06. The minimum Gasteiger partial charge on any atom is -0.319 e. The average molecular weight is 323 g/mol. The molecule has 0 aromatic rings. The number of nitrogens with one attached hydrogen (secondary N) is 1. The van der Waals surface area contributed by atoms with E-state index in [1.54, 1.807) is 6.92 Å². The second kappa shape index (κ2) is 9.50. The van der Waals surface area contributed by atoms with E-state index in [4.69, 9.17) is 0 Å². The van der Waals surface area contributed by atoms with Crippen LogP contribution in [0.5, 0.6) is 0 Å². The van der Waals surface area contributed by atoms with Gasteiger partial charge in [0, 0.05) is 45.1 Å². The summed E-state index contributed by atoms with van der Waals surface area (Å²) in [5.74, 6) is 1.78. The first-order valence-corrected chi connectivity index (χ1v) is 9.20. The van der Waals surface area contributed by atoms with Crippen molar-refractivity contribution in [2.75, 3.05) is 52.9 Å². The number of ketones is 2. The first kappa shape index (κ1) is 18.6. The van der Waals surface area contributed by atoms with Gasteiger partial charge in [-0.1, -0.05) is 0 Å². The van der Waals surface area contributed by atoms with Crippen LogP contribution in [0.4, 0.5) is 0 Å². The quantitative estimate of drug-likeness (QED) is 0.727. The van der Waals surface area contributed by atoms with Crippen molar-refractivity contribution < 1.29 is 9.59 Å². The van der Waals surface area contributed by atoms with Gasteiger partial charge in [-0.15, -0.1) is 0 Å². The van der Waals surface area contributed by atoms with Gasteiger partial charge in [0.1, 0.15) is 11.6 Å². The highest BCUT2D eigenvalue weighted by molar-refractivity contribution is 5.81.